The summed E-state index contributed by atoms with van der Waals surface area (Å²) in [5.41, 5.74) is -0.489. The second kappa shape index (κ2) is 4.49. The topological polar surface area (TPSA) is 15.3 Å². The van der Waals surface area contributed by atoms with Crippen LogP contribution in [0.1, 0.15) is 20.8 Å². The summed E-state index contributed by atoms with van der Waals surface area (Å²) in [7, 11) is 3.02. The lowest BCUT2D eigenvalue weighted by atomic mass is 10.0. The van der Waals surface area contributed by atoms with E-state index in [1.54, 1.807) is 20.8 Å². The van der Waals surface area contributed by atoms with Crippen LogP contribution < -0.4 is 5.32 Å². The minimum absolute atomic E-state index is 0.0860. The summed E-state index contributed by atoms with van der Waals surface area (Å²) < 4.78 is 37.8. The number of likely N-dealkylation sites (N-methyl/N-ethyl adjacent to an activating group) is 2. The molecule has 0 aromatic rings. The van der Waals surface area contributed by atoms with E-state index in [1.807, 2.05) is 0 Å². The molecule has 0 aromatic carbocycles. The van der Waals surface area contributed by atoms with Crippen LogP contribution in [-0.2, 0) is 0 Å². The molecule has 2 nitrogen and oxygen atoms in total. The normalized spacial score (nSPS) is 16.1. The van der Waals surface area contributed by atoms with E-state index in [0.717, 1.165) is 0 Å². The molecular weight excluding hydrogens is 193 g/mol. The third kappa shape index (κ3) is 3.84. The molecule has 0 amide bonds. The van der Waals surface area contributed by atoms with E-state index < -0.39 is 17.8 Å². The summed E-state index contributed by atoms with van der Waals surface area (Å²) in [4.78, 5) is 1.34. The van der Waals surface area contributed by atoms with E-state index in [4.69, 9.17) is 0 Å². The van der Waals surface area contributed by atoms with Crippen molar-refractivity contribution in [2.75, 3.05) is 20.6 Å². The van der Waals surface area contributed by atoms with Gasteiger partial charge < -0.3 is 5.32 Å². The molecule has 14 heavy (non-hydrogen) atoms. The Morgan fingerprint density at radius 1 is 1.21 bits per heavy atom. The highest BCUT2D eigenvalue weighted by molar-refractivity contribution is 4.86. The lowest BCUT2D eigenvalue weighted by molar-refractivity contribution is -0.189. The molecule has 1 atom stereocenters. The van der Waals surface area contributed by atoms with Crippen molar-refractivity contribution in [2.24, 2.45) is 0 Å². The molecule has 0 rings (SSSR count). The van der Waals surface area contributed by atoms with Gasteiger partial charge in [0.05, 0.1) is 0 Å². The fraction of sp³-hybridized carbons (Fsp3) is 1.00. The van der Waals surface area contributed by atoms with Crippen LogP contribution in [0.25, 0.3) is 0 Å². The van der Waals surface area contributed by atoms with Crippen molar-refractivity contribution in [1.82, 2.24) is 10.2 Å². The van der Waals surface area contributed by atoms with Gasteiger partial charge in [0.25, 0.3) is 0 Å². The summed E-state index contributed by atoms with van der Waals surface area (Å²) in [6, 6.07) is -1.44. The van der Waals surface area contributed by atoms with Gasteiger partial charge in [0.2, 0.25) is 0 Å². The highest BCUT2D eigenvalue weighted by atomic mass is 19.4. The first kappa shape index (κ1) is 13.7. The molecule has 0 aliphatic heterocycles. The van der Waals surface area contributed by atoms with Crippen molar-refractivity contribution in [3.8, 4) is 0 Å². The second-order valence-electron chi connectivity index (χ2n) is 4.40. The summed E-state index contributed by atoms with van der Waals surface area (Å²) in [6.45, 7) is 5.21. The van der Waals surface area contributed by atoms with E-state index in [1.165, 1.54) is 19.0 Å². The molecular formula is C9H19F3N2. The lowest BCUT2D eigenvalue weighted by Crippen LogP contribution is -2.55. The standard InChI is InChI=1S/C9H19F3N2/c1-8(2,3)14(5)7(6-13-4)9(10,11)12/h7,13H,6H2,1-5H3. The van der Waals surface area contributed by atoms with Crippen molar-refractivity contribution in [3.05, 3.63) is 0 Å². The van der Waals surface area contributed by atoms with E-state index in [-0.39, 0.29) is 6.54 Å². The summed E-state index contributed by atoms with van der Waals surface area (Å²) in [6.07, 6.45) is -4.19. The first-order valence-corrected chi connectivity index (χ1v) is 4.55. The van der Waals surface area contributed by atoms with Gasteiger partial charge in [-0.25, -0.2) is 0 Å². The first-order valence-electron chi connectivity index (χ1n) is 4.55. The maximum atomic E-state index is 12.6. The highest BCUT2D eigenvalue weighted by Gasteiger charge is 2.44. The number of alkyl halides is 3. The highest BCUT2D eigenvalue weighted by Crippen LogP contribution is 2.27. The van der Waals surface area contributed by atoms with Gasteiger partial charge in [0.1, 0.15) is 6.04 Å². The largest absolute Gasteiger partial charge is 0.405 e. The van der Waals surface area contributed by atoms with Crippen molar-refractivity contribution in [2.45, 2.75) is 38.5 Å². The first-order chi connectivity index (χ1) is 6.10. The quantitative estimate of drug-likeness (QED) is 0.768. The van der Waals surface area contributed by atoms with Gasteiger partial charge in [0.15, 0.2) is 0 Å². The summed E-state index contributed by atoms with van der Waals surface area (Å²) in [5, 5.41) is 2.57. The Balaban J connectivity index is 4.67. The minimum atomic E-state index is -4.19. The van der Waals surface area contributed by atoms with Crippen LogP contribution in [0.2, 0.25) is 0 Å². The Morgan fingerprint density at radius 3 is 1.86 bits per heavy atom. The lowest BCUT2D eigenvalue weighted by Gasteiger charge is -2.39. The monoisotopic (exact) mass is 212 g/mol. The zero-order valence-electron chi connectivity index (χ0n) is 9.37. The molecule has 0 spiro atoms. The molecule has 1 N–H and O–H groups in total. The fourth-order valence-corrected chi connectivity index (χ4v) is 1.13. The second-order valence-corrected chi connectivity index (χ2v) is 4.40. The van der Waals surface area contributed by atoms with Gasteiger partial charge in [-0.05, 0) is 34.9 Å². The average molecular weight is 212 g/mol. The Hall–Kier alpha value is -0.290. The molecule has 0 saturated carbocycles. The zero-order valence-corrected chi connectivity index (χ0v) is 9.37. The summed E-state index contributed by atoms with van der Waals surface area (Å²) >= 11 is 0. The Morgan fingerprint density at radius 2 is 1.64 bits per heavy atom. The molecule has 0 aromatic heterocycles. The number of nitrogens with one attached hydrogen (secondary N) is 1. The predicted octanol–water partition coefficient (Wildman–Crippen LogP) is 1.87. The van der Waals surface area contributed by atoms with Crippen LogP contribution in [-0.4, -0.2) is 43.3 Å². The Labute approximate surface area is 83.5 Å². The van der Waals surface area contributed by atoms with Crippen LogP contribution in [0.3, 0.4) is 0 Å². The van der Waals surface area contributed by atoms with Gasteiger partial charge in [-0.2, -0.15) is 13.2 Å². The SMILES string of the molecule is CNCC(N(C)C(C)(C)C)C(F)(F)F. The van der Waals surface area contributed by atoms with Gasteiger partial charge in [-0.1, -0.05) is 0 Å². The van der Waals surface area contributed by atoms with E-state index in [0.29, 0.717) is 0 Å². The smallest absolute Gasteiger partial charge is 0.318 e. The van der Waals surface area contributed by atoms with Gasteiger partial charge in [-0.15, -0.1) is 0 Å². The van der Waals surface area contributed by atoms with Crippen molar-refractivity contribution in [1.29, 1.82) is 0 Å². The molecule has 0 aliphatic carbocycles. The van der Waals surface area contributed by atoms with Crippen LogP contribution in [0.4, 0.5) is 13.2 Å². The van der Waals surface area contributed by atoms with Crippen LogP contribution in [0.5, 0.6) is 0 Å². The Bertz CT molecular complexity index is 172. The van der Waals surface area contributed by atoms with Crippen molar-refractivity contribution < 1.29 is 13.2 Å². The molecule has 0 bridgehead atoms. The molecule has 86 valence electrons. The molecule has 1 unspecified atom stereocenters. The van der Waals surface area contributed by atoms with Crippen LogP contribution in [0, 0.1) is 0 Å². The van der Waals surface area contributed by atoms with E-state index in [2.05, 4.69) is 5.32 Å². The zero-order chi connectivity index (χ0) is 11.6. The van der Waals surface area contributed by atoms with Crippen molar-refractivity contribution in [3.63, 3.8) is 0 Å². The number of nitrogens with zero attached hydrogens (tertiary/aromatic N) is 1. The number of rotatable bonds is 3. The number of hydrogen-bond acceptors (Lipinski definition) is 2. The predicted molar refractivity (Wildman–Crippen MR) is 51.3 cm³/mol. The molecule has 0 fully saturated rings. The molecule has 0 heterocycles. The summed E-state index contributed by atoms with van der Waals surface area (Å²) in [5.74, 6) is 0. The van der Waals surface area contributed by atoms with Gasteiger partial charge >= 0.3 is 6.18 Å². The van der Waals surface area contributed by atoms with Gasteiger partial charge in [-0.3, -0.25) is 4.90 Å². The molecule has 5 heteroatoms. The third-order valence-electron chi connectivity index (χ3n) is 2.30. The Kier molecular flexibility index (Phi) is 4.39. The maximum Gasteiger partial charge on any atom is 0.405 e. The van der Waals surface area contributed by atoms with Crippen LogP contribution in [0.15, 0.2) is 0 Å². The van der Waals surface area contributed by atoms with E-state index in [9.17, 15) is 13.2 Å². The van der Waals surface area contributed by atoms with Crippen molar-refractivity contribution >= 4 is 0 Å². The number of hydrogen-bond donors (Lipinski definition) is 1. The van der Waals surface area contributed by atoms with Gasteiger partial charge in [0, 0.05) is 12.1 Å². The fourth-order valence-electron chi connectivity index (χ4n) is 1.13. The average Bonchev–Trinajstić information content (AvgIpc) is 1.94. The number of halogens is 3. The molecule has 0 aliphatic rings. The molecule has 0 radical (unpaired) electrons. The van der Waals surface area contributed by atoms with Crippen LogP contribution >= 0.6 is 0 Å². The third-order valence-corrected chi connectivity index (χ3v) is 2.30. The minimum Gasteiger partial charge on any atom is -0.318 e. The van der Waals surface area contributed by atoms with E-state index >= 15 is 0 Å². The maximum absolute atomic E-state index is 12.6. The molecule has 0 saturated heterocycles.